The lowest BCUT2D eigenvalue weighted by Crippen LogP contribution is -2.11. The second kappa shape index (κ2) is 4.77. The molecule has 0 bridgehead atoms. The highest BCUT2D eigenvalue weighted by Gasteiger charge is 2.15. The van der Waals surface area contributed by atoms with E-state index in [0.717, 1.165) is 5.92 Å². The summed E-state index contributed by atoms with van der Waals surface area (Å²) in [5, 5.41) is 1.32. The number of hydrogen-bond acceptors (Lipinski definition) is 0. The van der Waals surface area contributed by atoms with Gasteiger partial charge in [0.15, 0.2) is 0 Å². The number of hydrogen-bond donors (Lipinski definition) is 0. The van der Waals surface area contributed by atoms with Gasteiger partial charge in [0.25, 0.3) is 0 Å². The third-order valence-electron chi connectivity index (χ3n) is 4.90. The normalized spacial score (nSPS) is 17.9. The van der Waals surface area contributed by atoms with Crippen LogP contribution in [0.3, 0.4) is 0 Å². The molecule has 1 nitrogen and oxygen atoms in total. The van der Waals surface area contributed by atoms with Crippen molar-refractivity contribution >= 4 is 10.9 Å². The predicted octanol–water partition coefficient (Wildman–Crippen LogP) is 4.97. The molecule has 1 aliphatic carbocycles. The SMILES string of the molecule is CC1CCc2cc(-c3ccc4c(ccn4C)c3)ccc2C1. The first-order chi connectivity index (χ1) is 10.2. The number of fused-ring (bicyclic) bond motifs is 2. The summed E-state index contributed by atoms with van der Waals surface area (Å²) in [5.74, 6) is 0.837. The van der Waals surface area contributed by atoms with Gasteiger partial charge in [0.2, 0.25) is 0 Å². The van der Waals surface area contributed by atoms with Crippen molar-refractivity contribution in [2.75, 3.05) is 0 Å². The first-order valence-corrected chi connectivity index (χ1v) is 7.88. The van der Waals surface area contributed by atoms with Crippen LogP contribution >= 0.6 is 0 Å². The molecule has 21 heavy (non-hydrogen) atoms. The van der Waals surface area contributed by atoms with Crippen LogP contribution in [0.1, 0.15) is 24.5 Å². The Kier molecular flexibility index (Phi) is 2.88. The summed E-state index contributed by atoms with van der Waals surface area (Å²) in [6, 6.07) is 16.0. The maximum atomic E-state index is 2.41. The van der Waals surface area contributed by atoms with Crippen LogP contribution in [0.4, 0.5) is 0 Å². The van der Waals surface area contributed by atoms with Crippen LogP contribution in [-0.2, 0) is 19.9 Å². The fourth-order valence-electron chi connectivity index (χ4n) is 3.58. The molecule has 0 spiro atoms. The first kappa shape index (κ1) is 12.7. The van der Waals surface area contributed by atoms with E-state index in [9.17, 15) is 0 Å². The average molecular weight is 275 g/mol. The summed E-state index contributed by atoms with van der Waals surface area (Å²) < 4.78 is 2.17. The number of nitrogens with zero attached hydrogens (tertiary/aromatic N) is 1. The average Bonchev–Trinajstić information content (AvgIpc) is 2.87. The van der Waals surface area contributed by atoms with E-state index in [1.165, 1.54) is 41.3 Å². The van der Waals surface area contributed by atoms with Gasteiger partial charge < -0.3 is 4.57 Å². The monoisotopic (exact) mass is 275 g/mol. The zero-order valence-electron chi connectivity index (χ0n) is 12.8. The van der Waals surface area contributed by atoms with Gasteiger partial charge in [-0.1, -0.05) is 31.2 Å². The Morgan fingerprint density at radius 2 is 1.76 bits per heavy atom. The fraction of sp³-hybridized carbons (Fsp3) is 0.300. The molecule has 1 heterocycles. The van der Waals surface area contributed by atoms with E-state index in [2.05, 4.69) is 67.2 Å². The maximum absolute atomic E-state index is 2.41. The highest BCUT2D eigenvalue weighted by Crippen LogP contribution is 2.31. The van der Waals surface area contributed by atoms with E-state index in [1.54, 1.807) is 11.1 Å². The van der Waals surface area contributed by atoms with Gasteiger partial charge in [-0.15, -0.1) is 0 Å². The molecule has 0 fully saturated rings. The zero-order valence-corrected chi connectivity index (χ0v) is 12.8. The summed E-state index contributed by atoms with van der Waals surface area (Å²) in [6.07, 6.45) is 5.93. The quantitative estimate of drug-likeness (QED) is 0.591. The van der Waals surface area contributed by atoms with Gasteiger partial charge in [-0.25, -0.2) is 0 Å². The van der Waals surface area contributed by atoms with Gasteiger partial charge in [-0.2, -0.15) is 0 Å². The van der Waals surface area contributed by atoms with Gasteiger partial charge in [-0.3, -0.25) is 0 Å². The van der Waals surface area contributed by atoms with Crippen molar-refractivity contribution in [3.8, 4) is 11.1 Å². The molecule has 1 atom stereocenters. The standard InChI is InChI=1S/C20H21N/c1-14-3-4-16-12-17(6-5-15(16)11-14)18-7-8-20-19(13-18)9-10-21(20)2/h5-10,12-14H,3-4,11H2,1-2H3. The van der Waals surface area contributed by atoms with Gasteiger partial charge in [0, 0.05) is 24.1 Å². The molecule has 3 aromatic rings. The van der Waals surface area contributed by atoms with Crippen LogP contribution in [-0.4, -0.2) is 4.57 Å². The fourth-order valence-corrected chi connectivity index (χ4v) is 3.58. The molecule has 1 aliphatic rings. The smallest absolute Gasteiger partial charge is 0.0478 e. The molecule has 0 radical (unpaired) electrons. The highest BCUT2D eigenvalue weighted by atomic mass is 14.9. The molecule has 0 amide bonds. The lowest BCUT2D eigenvalue weighted by Gasteiger charge is -2.22. The van der Waals surface area contributed by atoms with Crippen LogP contribution in [0.15, 0.2) is 48.7 Å². The van der Waals surface area contributed by atoms with Crippen LogP contribution in [0.2, 0.25) is 0 Å². The zero-order chi connectivity index (χ0) is 14.4. The topological polar surface area (TPSA) is 4.93 Å². The van der Waals surface area contributed by atoms with Crippen molar-refractivity contribution < 1.29 is 0 Å². The van der Waals surface area contributed by atoms with Crippen LogP contribution in [0.5, 0.6) is 0 Å². The van der Waals surface area contributed by atoms with Crippen molar-refractivity contribution in [2.45, 2.75) is 26.2 Å². The second-order valence-corrected chi connectivity index (χ2v) is 6.53. The maximum Gasteiger partial charge on any atom is 0.0478 e. The molecular weight excluding hydrogens is 254 g/mol. The minimum Gasteiger partial charge on any atom is -0.351 e. The number of rotatable bonds is 1. The third-order valence-corrected chi connectivity index (χ3v) is 4.90. The molecule has 0 saturated heterocycles. The van der Waals surface area contributed by atoms with Gasteiger partial charge in [-0.05, 0) is 65.6 Å². The molecule has 1 unspecified atom stereocenters. The van der Waals surface area contributed by atoms with Crippen molar-refractivity contribution in [2.24, 2.45) is 13.0 Å². The van der Waals surface area contributed by atoms with Gasteiger partial charge in [0.05, 0.1) is 0 Å². The Bertz CT molecular complexity index is 810. The van der Waals surface area contributed by atoms with E-state index in [1.807, 2.05) is 0 Å². The van der Waals surface area contributed by atoms with Crippen molar-refractivity contribution in [1.29, 1.82) is 0 Å². The minimum atomic E-state index is 0.837. The van der Waals surface area contributed by atoms with Crippen LogP contribution in [0, 0.1) is 5.92 Å². The molecule has 1 aromatic heterocycles. The summed E-state index contributed by atoms with van der Waals surface area (Å²) in [5.41, 5.74) is 7.09. The predicted molar refractivity (Wildman–Crippen MR) is 89.5 cm³/mol. The summed E-state index contributed by atoms with van der Waals surface area (Å²) in [4.78, 5) is 0. The minimum absolute atomic E-state index is 0.837. The van der Waals surface area contributed by atoms with Crippen LogP contribution in [0.25, 0.3) is 22.0 Å². The number of benzene rings is 2. The summed E-state index contributed by atoms with van der Waals surface area (Å²) in [7, 11) is 2.10. The molecule has 2 aromatic carbocycles. The van der Waals surface area contributed by atoms with Crippen molar-refractivity contribution in [1.82, 2.24) is 4.57 Å². The summed E-state index contributed by atoms with van der Waals surface area (Å²) in [6.45, 7) is 2.36. The Labute approximate surface area is 126 Å². The highest BCUT2D eigenvalue weighted by molar-refractivity contribution is 5.85. The number of aryl methyl sites for hydroxylation is 2. The Hall–Kier alpha value is -2.02. The second-order valence-electron chi connectivity index (χ2n) is 6.53. The van der Waals surface area contributed by atoms with Gasteiger partial charge >= 0.3 is 0 Å². The lowest BCUT2D eigenvalue weighted by atomic mass is 9.83. The Balaban J connectivity index is 1.78. The molecule has 4 rings (SSSR count). The number of aromatic nitrogens is 1. The molecule has 1 heteroatoms. The first-order valence-electron chi connectivity index (χ1n) is 7.88. The lowest BCUT2D eigenvalue weighted by molar-refractivity contribution is 0.501. The van der Waals surface area contributed by atoms with E-state index in [4.69, 9.17) is 0 Å². The Morgan fingerprint density at radius 3 is 2.67 bits per heavy atom. The third kappa shape index (κ3) is 2.17. The molecule has 0 aliphatic heterocycles. The molecular formula is C20H21N. The Morgan fingerprint density at radius 1 is 0.952 bits per heavy atom. The molecule has 0 N–H and O–H groups in total. The van der Waals surface area contributed by atoms with E-state index in [0.29, 0.717) is 0 Å². The van der Waals surface area contributed by atoms with Crippen molar-refractivity contribution in [3.05, 3.63) is 59.8 Å². The van der Waals surface area contributed by atoms with Crippen LogP contribution < -0.4 is 0 Å². The van der Waals surface area contributed by atoms with Gasteiger partial charge in [0.1, 0.15) is 0 Å². The molecule has 106 valence electrons. The van der Waals surface area contributed by atoms with E-state index < -0.39 is 0 Å². The van der Waals surface area contributed by atoms with E-state index >= 15 is 0 Å². The summed E-state index contributed by atoms with van der Waals surface area (Å²) >= 11 is 0. The van der Waals surface area contributed by atoms with E-state index in [-0.39, 0.29) is 0 Å². The van der Waals surface area contributed by atoms with Crippen molar-refractivity contribution in [3.63, 3.8) is 0 Å². The molecule has 0 saturated carbocycles. The largest absolute Gasteiger partial charge is 0.351 e.